The van der Waals surface area contributed by atoms with Gasteiger partial charge >= 0.3 is 0 Å². The van der Waals surface area contributed by atoms with Crippen molar-refractivity contribution in [2.75, 3.05) is 27.9 Å². The number of nitrogens with one attached hydrogen (secondary N) is 1. The van der Waals surface area contributed by atoms with Gasteiger partial charge in [0, 0.05) is 11.0 Å². The quantitative estimate of drug-likeness (QED) is 0.782. The van der Waals surface area contributed by atoms with Crippen LogP contribution in [0.1, 0.15) is 15.9 Å². The number of halogens is 1. The number of hydrogen-bond acceptors (Lipinski definition) is 4. The Balaban J connectivity index is 2.03. The van der Waals surface area contributed by atoms with Gasteiger partial charge in [0.25, 0.3) is 5.91 Å². The van der Waals surface area contributed by atoms with Gasteiger partial charge in [-0.05, 0) is 36.2 Å². The number of carbonyl (C=O) groups excluding carboxylic acids is 1. The Bertz CT molecular complexity index is 718. The van der Waals surface area contributed by atoms with Crippen LogP contribution in [0.3, 0.4) is 0 Å². The van der Waals surface area contributed by atoms with E-state index in [0.717, 1.165) is 10.0 Å². The molecule has 24 heavy (non-hydrogen) atoms. The molecule has 0 bridgehead atoms. The third kappa shape index (κ3) is 4.20. The molecule has 1 amide bonds. The molecule has 0 saturated heterocycles. The van der Waals surface area contributed by atoms with Crippen LogP contribution in [-0.4, -0.2) is 33.8 Å². The maximum atomic E-state index is 12.3. The number of amides is 1. The van der Waals surface area contributed by atoms with E-state index < -0.39 is 0 Å². The average Bonchev–Trinajstić information content (AvgIpc) is 2.62. The van der Waals surface area contributed by atoms with Gasteiger partial charge < -0.3 is 19.5 Å². The Labute approximate surface area is 150 Å². The van der Waals surface area contributed by atoms with Gasteiger partial charge in [-0.2, -0.15) is 0 Å². The van der Waals surface area contributed by atoms with Crippen LogP contribution in [0, 0.1) is 0 Å². The Hall–Kier alpha value is -2.21. The predicted octanol–water partition coefficient (Wildman–Crippen LogP) is 3.45. The molecule has 0 spiro atoms. The first-order chi connectivity index (χ1) is 11.6. The summed E-state index contributed by atoms with van der Waals surface area (Å²) in [5.74, 6) is 1.71. The molecule has 0 radical (unpaired) electrons. The van der Waals surface area contributed by atoms with Gasteiger partial charge in [-0.3, -0.25) is 4.79 Å². The minimum absolute atomic E-state index is 0.163. The zero-order valence-electron chi connectivity index (χ0n) is 13.9. The van der Waals surface area contributed by atoms with Gasteiger partial charge in [-0.15, -0.1) is 0 Å². The molecule has 2 aromatic rings. The number of benzene rings is 2. The summed E-state index contributed by atoms with van der Waals surface area (Å²) in [7, 11) is 4.74. The van der Waals surface area contributed by atoms with Crippen LogP contribution in [0.2, 0.25) is 0 Å². The molecule has 0 saturated carbocycles. The largest absolute Gasteiger partial charge is 0.496 e. The Morgan fingerprint density at radius 3 is 2.29 bits per heavy atom. The second kappa shape index (κ2) is 8.59. The van der Waals surface area contributed by atoms with E-state index in [0.29, 0.717) is 35.8 Å². The highest BCUT2D eigenvalue weighted by Crippen LogP contribution is 2.33. The van der Waals surface area contributed by atoms with Crippen LogP contribution in [0.5, 0.6) is 17.2 Å². The van der Waals surface area contributed by atoms with Crippen molar-refractivity contribution in [2.24, 2.45) is 0 Å². The molecule has 5 nitrogen and oxygen atoms in total. The van der Waals surface area contributed by atoms with Crippen molar-refractivity contribution in [2.45, 2.75) is 6.42 Å². The zero-order valence-corrected chi connectivity index (χ0v) is 15.5. The number of carbonyl (C=O) groups is 1. The summed E-state index contributed by atoms with van der Waals surface area (Å²) in [4.78, 5) is 12.3. The first-order valence-corrected chi connectivity index (χ1v) is 8.21. The van der Waals surface area contributed by atoms with Crippen molar-refractivity contribution in [1.29, 1.82) is 0 Å². The third-order valence-corrected chi connectivity index (χ3v) is 4.32. The first-order valence-electron chi connectivity index (χ1n) is 7.42. The summed E-state index contributed by atoms with van der Waals surface area (Å²) in [6.45, 7) is 0.491. The fraction of sp³-hybridized carbons (Fsp3) is 0.278. The lowest BCUT2D eigenvalue weighted by molar-refractivity contribution is 0.0951. The fourth-order valence-electron chi connectivity index (χ4n) is 2.33. The minimum Gasteiger partial charge on any atom is -0.496 e. The van der Waals surface area contributed by atoms with Crippen molar-refractivity contribution in [3.8, 4) is 17.2 Å². The highest BCUT2D eigenvalue weighted by molar-refractivity contribution is 9.10. The first kappa shape index (κ1) is 18.1. The third-order valence-electron chi connectivity index (χ3n) is 3.58. The minimum atomic E-state index is -0.163. The molecule has 2 rings (SSSR count). The number of para-hydroxylation sites is 1. The lowest BCUT2D eigenvalue weighted by atomic mass is 10.1. The fourth-order valence-corrected chi connectivity index (χ4v) is 2.85. The standard InChI is InChI=1S/C18H20BrNO4/c1-22-15-7-5-4-6-13(15)18(21)20-9-8-12-10-16(23-2)17(24-3)11-14(12)19/h4-7,10-11H,8-9H2,1-3H3,(H,20,21). The van der Waals surface area contributed by atoms with E-state index in [1.165, 1.54) is 0 Å². The number of rotatable bonds is 7. The Kier molecular flexibility index (Phi) is 6.49. The Morgan fingerprint density at radius 1 is 1.00 bits per heavy atom. The molecule has 128 valence electrons. The number of hydrogen-bond donors (Lipinski definition) is 1. The van der Waals surface area contributed by atoms with E-state index in [1.807, 2.05) is 24.3 Å². The van der Waals surface area contributed by atoms with Gasteiger partial charge in [-0.1, -0.05) is 28.1 Å². The summed E-state index contributed by atoms with van der Waals surface area (Å²) in [5.41, 5.74) is 1.54. The highest BCUT2D eigenvalue weighted by Gasteiger charge is 2.12. The maximum absolute atomic E-state index is 12.3. The van der Waals surface area contributed by atoms with Crippen molar-refractivity contribution in [1.82, 2.24) is 5.32 Å². The van der Waals surface area contributed by atoms with E-state index in [2.05, 4.69) is 21.2 Å². The molecular formula is C18H20BrNO4. The summed E-state index contributed by atoms with van der Waals surface area (Å²) < 4.78 is 16.7. The number of ether oxygens (including phenoxy) is 3. The number of methoxy groups -OCH3 is 3. The van der Waals surface area contributed by atoms with Crippen LogP contribution >= 0.6 is 15.9 Å². The zero-order chi connectivity index (χ0) is 17.5. The molecular weight excluding hydrogens is 374 g/mol. The summed E-state index contributed by atoms with van der Waals surface area (Å²) >= 11 is 3.52. The summed E-state index contributed by atoms with van der Waals surface area (Å²) in [6, 6.07) is 10.9. The average molecular weight is 394 g/mol. The predicted molar refractivity (Wildman–Crippen MR) is 96.3 cm³/mol. The van der Waals surface area contributed by atoms with Crippen LogP contribution in [-0.2, 0) is 6.42 Å². The van der Waals surface area contributed by atoms with E-state index in [9.17, 15) is 4.79 Å². The smallest absolute Gasteiger partial charge is 0.255 e. The van der Waals surface area contributed by atoms with E-state index in [4.69, 9.17) is 14.2 Å². The SMILES string of the molecule is COc1cc(Br)c(CCNC(=O)c2ccccc2OC)cc1OC. The van der Waals surface area contributed by atoms with Crippen LogP contribution in [0.4, 0.5) is 0 Å². The summed E-state index contributed by atoms with van der Waals surface area (Å²) in [6.07, 6.45) is 0.655. The topological polar surface area (TPSA) is 56.8 Å². The van der Waals surface area contributed by atoms with Gasteiger partial charge in [0.05, 0.1) is 26.9 Å². The lowest BCUT2D eigenvalue weighted by Gasteiger charge is -2.13. The van der Waals surface area contributed by atoms with Crippen LogP contribution in [0.25, 0.3) is 0 Å². The molecule has 0 aliphatic rings. The van der Waals surface area contributed by atoms with Crippen LogP contribution < -0.4 is 19.5 Å². The second-order valence-electron chi connectivity index (χ2n) is 5.00. The molecule has 0 aromatic heterocycles. The molecule has 2 aromatic carbocycles. The highest BCUT2D eigenvalue weighted by atomic mass is 79.9. The van der Waals surface area contributed by atoms with Gasteiger partial charge in [0.2, 0.25) is 0 Å². The Morgan fingerprint density at radius 2 is 1.62 bits per heavy atom. The van der Waals surface area contributed by atoms with Gasteiger partial charge in [0.15, 0.2) is 11.5 Å². The van der Waals surface area contributed by atoms with Crippen LogP contribution in [0.15, 0.2) is 40.9 Å². The van der Waals surface area contributed by atoms with Crippen molar-refractivity contribution < 1.29 is 19.0 Å². The molecule has 0 atom stereocenters. The van der Waals surface area contributed by atoms with Crippen molar-refractivity contribution in [3.63, 3.8) is 0 Å². The molecule has 0 heterocycles. The molecule has 0 unspecified atom stereocenters. The van der Waals surface area contributed by atoms with Crippen molar-refractivity contribution >= 4 is 21.8 Å². The van der Waals surface area contributed by atoms with Gasteiger partial charge in [-0.25, -0.2) is 0 Å². The molecule has 6 heteroatoms. The molecule has 0 aliphatic heterocycles. The maximum Gasteiger partial charge on any atom is 0.255 e. The second-order valence-corrected chi connectivity index (χ2v) is 5.86. The lowest BCUT2D eigenvalue weighted by Crippen LogP contribution is -2.26. The van der Waals surface area contributed by atoms with Crippen molar-refractivity contribution in [3.05, 3.63) is 52.0 Å². The molecule has 0 fully saturated rings. The van der Waals surface area contributed by atoms with E-state index >= 15 is 0 Å². The summed E-state index contributed by atoms with van der Waals surface area (Å²) in [5, 5.41) is 2.90. The molecule has 1 N–H and O–H groups in total. The monoisotopic (exact) mass is 393 g/mol. The molecule has 0 aliphatic carbocycles. The van der Waals surface area contributed by atoms with Gasteiger partial charge in [0.1, 0.15) is 5.75 Å². The normalized spacial score (nSPS) is 10.2. The van der Waals surface area contributed by atoms with E-state index in [1.54, 1.807) is 33.5 Å². The van der Waals surface area contributed by atoms with E-state index in [-0.39, 0.29) is 5.91 Å².